The van der Waals surface area contributed by atoms with Crippen molar-refractivity contribution in [3.8, 4) is 0 Å². The number of hydrogen-bond acceptors (Lipinski definition) is 4. The monoisotopic (exact) mass is 647 g/mol. The summed E-state index contributed by atoms with van der Waals surface area (Å²) in [5, 5.41) is 17.1. The van der Waals surface area contributed by atoms with Crippen LogP contribution in [0, 0.1) is 11.7 Å². The van der Waals surface area contributed by atoms with Crippen LogP contribution in [0.1, 0.15) is 62.4 Å². The molecule has 1 fully saturated rings. The standard InChI is InChI=1S/C37H37F4N3O3/c1-24-17-18-44(34(24)27-13-15-31(38)16-14-27)36(47)29-11-6-10-28(21-29)35(46)43-32(20-25-7-3-2-4-8-25)33(45)23-42-22-26-9-5-12-30(19-26)37(39,40)41/h2-16,19,21,24,32-34,42,45H,17-18,20,22-23H2,1H3,(H,43,46)/t24?,32-,33+,34?/m0/s1. The minimum atomic E-state index is -4.46. The van der Waals surface area contributed by atoms with Gasteiger partial charge in [-0.05, 0) is 71.8 Å². The Balaban J connectivity index is 1.28. The van der Waals surface area contributed by atoms with E-state index in [0.717, 1.165) is 29.7 Å². The summed E-state index contributed by atoms with van der Waals surface area (Å²) >= 11 is 0. The van der Waals surface area contributed by atoms with E-state index in [-0.39, 0.29) is 42.3 Å². The van der Waals surface area contributed by atoms with E-state index in [0.29, 0.717) is 24.1 Å². The zero-order valence-electron chi connectivity index (χ0n) is 25.9. The van der Waals surface area contributed by atoms with Gasteiger partial charge in [0.05, 0.1) is 23.8 Å². The number of aliphatic hydroxyl groups is 1. The van der Waals surface area contributed by atoms with Gasteiger partial charge < -0.3 is 20.6 Å². The number of rotatable bonds is 11. The summed E-state index contributed by atoms with van der Waals surface area (Å²) in [5.74, 6) is -0.906. The van der Waals surface area contributed by atoms with E-state index in [1.807, 2.05) is 30.3 Å². The molecule has 246 valence electrons. The van der Waals surface area contributed by atoms with Crippen molar-refractivity contribution in [1.82, 2.24) is 15.5 Å². The Morgan fingerprint density at radius 3 is 2.30 bits per heavy atom. The number of benzene rings is 4. The second-order valence-electron chi connectivity index (χ2n) is 12.0. The van der Waals surface area contributed by atoms with Crippen molar-refractivity contribution in [3.05, 3.63) is 142 Å². The molecule has 4 atom stereocenters. The van der Waals surface area contributed by atoms with Gasteiger partial charge in [0, 0.05) is 30.8 Å². The average Bonchev–Trinajstić information content (AvgIpc) is 3.45. The van der Waals surface area contributed by atoms with Crippen molar-refractivity contribution in [1.29, 1.82) is 0 Å². The van der Waals surface area contributed by atoms with Gasteiger partial charge in [0.1, 0.15) is 5.82 Å². The largest absolute Gasteiger partial charge is 0.416 e. The molecule has 2 unspecified atom stereocenters. The number of carbonyl (C=O) groups is 2. The van der Waals surface area contributed by atoms with Crippen molar-refractivity contribution < 1.29 is 32.3 Å². The second-order valence-corrected chi connectivity index (χ2v) is 12.0. The highest BCUT2D eigenvalue weighted by molar-refractivity contribution is 6.00. The summed E-state index contributed by atoms with van der Waals surface area (Å²) in [6.07, 6.45) is -4.46. The molecule has 0 saturated carbocycles. The fraction of sp³-hybridized carbons (Fsp3) is 0.297. The normalized spacial score (nSPS) is 17.7. The average molecular weight is 648 g/mol. The summed E-state index contributed by atoms with van der Waals surface area (Å²) in [7, 11) is 0. The van der Waals surface area contributed by atoms with Gasteiger partial charge in [0.15, 0.2) is 0 Å². The summed E-state index contributed by atoms with van der Waals surface area (Å²) in [6.45, 7) is 2.67. The lowest BCUT2D eigenvalue weighted by molar-refractivity contribution is -0.137. The lowest BCUT2D eigenvalue weighted by atomic mass is 9.95. The molecule has 1 saturated heterocycles. The highest BCUT2D eigenvalue weighted by Gasteiger charge is 2.36. The number of alkyl halides is 3. The Hall–Kier alpha value is -4.54. The number of nitrogens with zero attached hydrogens (tertiary/aromatic N) is 1. The van der Waals surface area contributed by atoms with E-state index in [1.165, 1.54) is 24.3 Å². The van der Waals surface area contributed by atoms with Crippen LogP contribution in [0.5, 0.6) is 0 Å². The van der Waals surface area contributed by atoms with E-state index in [4.69, 9.17) is 0 Å². The molecule has 0 aliphatic carbocycles. The molecule has 1 heterocycles. The first-order valence-electron chi connectivity index (χ1n) is 15.6. The number of carbonyl (C=O) groups excluding carboxylic acids is 2. The summed E-state index contributed by atoms with van der Waals surface area (Å²) in [4.78, 5) is 29.0. The van der Waals surface area contributed by atoms with Crippen LogP contribution in [0.25, 0.3) is 0 Å². The van der Waals surface area contributed by atoms with Crippen LogP contribution in [0.15, 0.2) is 103 Å². The van der Waals surface area contributed by atoms with Gasteiger partial charge in [0.2, 0.25) is 0 Å². The van der Waals surface area contributed by atoms with Crippen LogP contribution in [-0.4, -0.2) is 47.1 Å². The number of halogens is 4. The third-order valence-electron chi connectivity index (χ3n) is 8.56. The first-order chi connectivity index (χ1) is 22.5. The molecule has 0 bridgehead atoms. The molecule has 1 aliphatic rings. The van der Waals surface area contributed by atoms with Gasteiger partial charge in [-0.15, -0.1) is 0 Å². The number of aliphatic hydroxyl groups excluding tert-OH is 1. The molecule has 0 spiro atoms. The lowest BCUT2D eigenvalue weighted by Crippen LogP contribution is -2.48. The van der Waals surface area contributed by atoms with Crippen molar-refractivity contribution in [2.45, 2.75) is 50.7 Å². The first-order valence-corrected chi connectivity index (χ1v) is 15.6. The number of likely N-dealkylation sites (tertiary alicyclic amines) is 1. The smallest absolute Gasteiger partial charge is 0.390 e. The SMILES string of the molecule is CC1CCN(C(=O)c2cccc(C(=O)N[C@@H](Cc3ccccc3)[C@H](O)CNCc3cccc(C(F)(F)F)c3)c2)C1c1ccc(F)cc1. The molecule has 4 aromatic rings. The maximum atomic E-state index is 13.7. The molecule has 1 aliphatic heterocycles. The van der Waals surface area contributed by atoms with Gasteiger partial charge in [-0.2, -0.15) is 13.2 Å². The molecular weight excluding hydrogens is 610 g/mol. The Bertz CT molecular complexity index is 1660. The van der Waals surface area contributed by atoms with E-state index in [2.05, 4.69) is 17.6 Å². The fourth-order valence-electron chi connectivity index (χ4n) is 6.07. The third-order valence-corrected chi connectivity index (χ3v) is 8.56. The quantitative estimate of drug-likeness (QED) is 0.161. The molecular formula is C37H37F4N3O3. The number of nitrogens with one attached hydrogen (secondary N) is 2. The topological polar surface area (TPSA) is 81.7 Å². The van der Waals surface area contributed by atoms with Crippen LogP contribution in [0.4, 0.5) is 17.6 Å². The molecule has 47 heavy (non-hydrogen) atoms. The molecule has 6 nitrogen and oxygen atoms in total. The predicted octanol–water partition coefficient (Wildman–Crippen LogP) is 6.56. The summed E-state index contributed by atoms with van der Waals surface area (Å²) in [5.41, 5.74) is 1.95. The Labute approximate surface area is 271 Å². The second kappa shape index (κ2) is 14.9. The third kappa shape index (κ3) is 8.64. The van der Waals surface area contributed by atoms with Gasteiger partial charge >= 0.3 is 6.18 Å². The highest BCUT2D eigenvalue weighted by Crippen LogP contribution is 2.38. The van der Waals surface area contributed by atoms with Crippen LogP contribution < -0.4 is 10.6 Å². The van der Waals surface area contributed by atoms with Crippen LogP contribution in [-0.2, 0) is 19.1 Å². The van der Waals surface area contributed by atoms with Gasteiger partial charge in [-0.3, -0.25) is 9.59 Å². The van der Waals surface area contributed by atoms with Crippen molar-refractivity contribution in [3.63, 3.8) is 0 Å². The Morgan fingerprint density at radius 2 is 1.57 bits per heavy atom. The molecule has 5 rings (SSSR count). The zero-order valence-corrected chi connectivity index (χ0v) is 25.9. The van der Waals surface area contributed by atoms with E-state index in [9.17, 15) is 32.3 Å². The van der Waals surface area contributed by atoms with Crippen LogP contribution in [0.3, 0.4) is 0 Å². The summed E-state index contributed by atoms with van der Waals surface area (Å²) < 4.78 is 52.9. The molecule has 10 heteroatoms. The molecule has 4 aromatic carbocycles. The minimum Gasteiger partial charge on any atom is -0.390 e. The van der Waals surface area contributed by atoms with Gasteiger partial charge in [0.25, 0.3) is 11.8 Å². The van der Waals surface area contributed by atoms with Crippen LogP contribution in [0.2, 0.25) is 0 Å². The maximum Gasteiger partial charge on any atom is 0.416 e. The molecule has 0 aromatic heterocycles. The molecule has 3 N–H and O–H groups in total. The maximum absolute atomic E-state index is 13.7. The van der Waals surface area contributed by atoms with Gasteiger partial charge in [-0.1, -0.05) is 73.7 Å². The minimum absolute atomic E-state index is 0.00443. The van der Waals surface area contributed by atoms with E-state index < -0.39 is 29.8 Å². The van der Waals surface area contributed by atoms with Crippen molar-refractivity contribution in [2.75, 3.05) is 13.1 Å². The predicted molar refractivity (Wildman–Crippen MR) is 171 cm³/mol. The van der Waals surface area contributed by atoms with Crippen molar-refractivity contribution >= 4 is 11.8 Å². The summed E-state index contributed by atoms with van der Waals surface area (Å²) in [6, 6.07) is 25.8. The Kier molecular flexibility index (Phi) is 10.7. The highest BCUT2D eigenvalue weighted by atomic mass is 19.4. The van der Waals surface area contributed by atoms with Crippen LogP contribution >= 0.6 is 0 Å². The zero-order chi connectivity index (χ0) is 33.6. The van der Waals surface area contributed by atoms with E-state index in [1.54, 1.807) is 41.3 Å². The molecule has 0 radical (unpaired) electrons. The lowest BCUT2D eigenvalue weighted by Gasteiger charge is -2.28. The number of hydrogen-bond donors (Lipinski definition) is 3. The van der Waals surface area contributed by atoms with Gasteiger partial charge in [-0.25, -0.2) is 4.39 Å². The van der Waals surface area contributed by atoms with Crippen molar-refractivity contribution in [2.24, 2.45) is 5.92 Å². The number of amides is 2. The molecule has 2 amide bonds. The Morgan fingerprint density at radius 1 is 0.894 bits per heavy atom. The first kappa shape index (κ1) is 33.8. The fourth-order valence-corrected chi connectivity index (χ4v) is 6.07. The van der Waals surface area contributed by atoms with E-state index >= 15 is 0 Å².